The predicted octanol–water partition coefficient (Wildman–Crippen LogP) is 4.43. The number of carbonyl (C=O) groups is 1. The molecule has 3 N–H and O–H groups in total. The van der Waals surface area contributed by atoms with E-state index in [2.05, 4.69) is 25.2 Å². The summed E-state index contributed by atoms with van der Waals surface area (Å²) in [5.41, 5.74) is 9.34. The summed E-state index contributed by atoms with van der Waals surface area (Å²) in [6.07, 6.45) is 4.35. The topological polar surface area (TPSA) is 55.1 Å². The Morgan fingerprint density at radius 3 is 2.55 bits per heavy atom. The molecule has 2 rings (SSSR count). The summed E-state index contributed by atoms with van der Waals surface area (Å²) in [7, 11) is 0. The number of hydrogen-bond donors (Lipinski definition) is 2. The maximum atomic E-state index is 12.1. The molecule has 0 saturated carbocycles. The van der Waals surface area contributed by atoms with E-state index >= 15 is 0 Å². The van der Waals surface area contributed by atoms with Crippen molar-refractivity contribution in [2.45, 2.75) is 26.2 Å². The zero-order valence-electron chi connectivity index (χ0n) is 13.0. The van der Waals surface area contributed by atoms with Gasteiger partial charge in [-0.2, -0.15) is 0 Å². The van der Waals surface area contributed by atoms with Crippen LogP contribution in [0.5, 0.6) is 0 Å². The molecule has 0 aliphatic rings. The summed E-state index contributed by atoms with van der Waals surface area (Å²) in [5.74, 6) is 0.283. The Hall–Kier alpha value is -2.55. The smallest absolute Gasteiger partial charge is 0.248 e. The second-order valence-electron chi connectivity index (χ2n) is 5.39. The molecular weight excluding hydrogens is 272 g/mol. The number of para-hydroxylation sites is 1. The Kier molecular flexibility index (Phi) is 5.37. The molecule has 0 fully saturated rings. The Morgan fingerprint density at radius 2 is 1.86 bits per heavy atom. The maximum Gasteiger partial charge on any atom is 0.248 e. The number of nitrogen functional groups attached to an aromatic ring is 1. The summed E-state index contributed by atoms with van der Waals surface area (Å²) >= 11 is 0. The fourth-order valence-corrected chi connectivity index (χ4v) is 2.21. The van der Waals surface area contributed by atoms with E-state index in [1.54, 1.807) is 12.2 Å². The van der Waals surface area contributed by atoms with E-state index in [4.69, 9.17) is 5.73 Å². The van der Waals surface area contributed by atoms with Crippen LogP contribution >= 0.6 is 0 Å². The molecule has 0 spiro atoms. The van der Waals surface area contributed by atoms with Crippen molar-refractivity contribution in [2.75, 3.05) is 11.1 Å². The average Bonchev–Trinajstić information content (AvgIpc) is 2.54. The molecule has 0 aromatic heterocycles. The highest BCUT2D eigenvalue weighted by atomic mass is 16.1. The molecule has 0 saturated heterocycles. The van der Waals surface area contributed by atoms with Crippen LogP contribution in [0.25, 0.3) is 6.08 Å². The standard InChI is InChI=1S/C19H22N2O/c1-3-14(2)17-6-4-5-7-18(17)21-19(22)13-10-15-8-11-16(20)12-9-15/h4-14H,3,20H2,1-2H3,(H,21,22)/b13-10+. The van der Waals surface area contributed by atoms with E-state index in [0.717, 1.165) is 17.7 Å². The van der Waals surface area contributed by atoms with Gasteiger partial charge in [-0.25, -0.2) is 0 Å². The molecule has 1 amide bonds. The first kappa shape index (κ1) is 15.8. The molecule has 3 nitrogen and oxygen atoms in total. The summed E-state index contributed by atoms with van der Waals surface area (Å²) in [4.78, 5) is 12.1. The molecule has 22 heavy (non-hydrogen) atoms. The molecule has 0 bridgehead atoms. The van der Waals surface area contributed by atoms with Gasteiger partial charge in [0.05, 0.1) is 0 Å². The third-order valence-electron chi connectivity index (χ3n) is 3.73. The van der Waals surface area contributed by atoms with Gasteiger partial charge < -0.3 is 11.1 Å². The Balaban J connectivity index is 2.08. The Bertz CT molecular complexity index is 659. The second kappa shape index (κ2) is 7.46. The lowest BCUT2D eigenvalue weighted by Gasteiger charge is -2.14. The lowest BCUT2D eigenvalue weighted by molar-refractivity contribution is -0.111. The lowest BCUT2D eigenvalue weighted by Crippen LogP contribution is -2.10. The van der Waals surface area contributed by atoms with Gasteiger partial charge in [0, 0.05) is 17.5 Å². The van der Waals surface area contributed by atoms with E-state index in [-0.39, 0.29) is 5.91 Å². The van der Waals surface area contributed by atoms with Crippen molar-refractivity contribution >= 4 is 23.4 Å². The van der Waals surface area contributed by atoms with E-state index in [1.807, 2.05) is 42.5 Å². The summed E-state index contributed by atoms with van der Waals surface area (Å²) in [6.45, 7) is 4.31. The highest BCUT2D eigenvalue weighted by Crippen LogP contribution is 2.26. The number of nitrogens with two attached hydrogens (primary N) is 1. The minimum absolute atomic E-state index is 0.132. The van der Waals surface area contributed by atoms with E-state index in [9.17, 15) is 4.79 Å². The molecule has 0 aliphatic heterocycles. The zero-order valence-corrected chi connectivity index (χ0v) is 13.0. The first-order chi connectivity index (χ1) is 10.6. The molecule has 0 aliphatic carbocycles. The van der Waals surface area contributed by atoms with Crippen LogP contribution in [0.4, 0.5) is 11.4 Å². The van der Waals surface area contributed by atoms with Crippen molar-refractivity contribution in [2.24, 2.45) is 0 Å². The van der Waals surface area contributed by atoms with Crippen LogP contribution in [-0.4, -0.2) is 5.91 Å². The maximum absolute atomic E-state index is 12.1. The van der Waals surface area contributed by atoms with E-state index in [1.165, 1.54) is 5.56 Å². The molecule has 2 aromatic rings. The third-order valence-corrected chi connectivity index (χ3v) is 3.73. The molecule has 114 valence electrons. The largest absolute Gasteiger partial charge is 0.399 e. The van der Waals surface area contributed by atoms with Crippen molar-refractivity contribution in [3.63, 3.8) is 0 Å². The van der Waals surface area contributed by atoms with Crippen LogP contribution in [-0.2, 0) is 4.79 Å². The number of nitrogens with one attached hydrogen (secondary N) is 1. The van der Waals surface area contributed by atoms with Crippen LogP contribution in [0.3, 0.4) is 0 Å². The number of rotatable bonds is 5. The fourth-order valence-electron chi connectivity index (χ4n) is 2.21. The first-order valence-corrected chi connectivity index (χ1v) is 7.53. The summed E-state index contributed by atoms with van der Waals surface area (Å²) in [5, 5.41) is 2.96. The summed E-state index contributed by atoms with van der Waals surface area (Å²) < 4.78 is 0. The zero-order chi connectivity index (χ0) is 15.9. The number of anilines is 2. The molecule has 1 atom stereocenters. The number of hydrogen-bond acceptors (Lipinski definition) is 2. The van der Waals surface area contributed by atoms with Crippen LogP contribution in [0, 0.1) is 0 Å². The number of amides is 1. The monoisotopic (exact) mass is 294 g/mol. The van der Waals surface area contributed by atoms with Gasteiger partial charge in [-0.15, -0.1) is 0 Å². The van der Waals surface area contributed by atoms with Gasteiger partial charge in [0.1, 0.15) is 0 Å². The number of benzene rings is 2. The minimum Gasteiger partial charge on any atom is -0.399 e. The van der Waals surface area contributed by atoms with Gasteiger partial charge in [0.2, 0.25) is 5.91 Å². The quantitative estimate of drug-likeness (QED) is 0.633. The van der Waals surface area contributed by atoms with Gasteiger partial charge in [-0.1, -0.05) is 44.2 Å². The van der Waals surface area contributed by atoms with Crippen molar-refractivity contribution < 1.29 is 4.79 Å². The predicted molar refractivity (Wildman–Crippen MR) is 93.7 cm³/mol. The highest BCUT2D eigenvalue weighted by Gasteiger charge is 2.09. The Morgan fingerprint density at radius 1 is 1.18 bits per heavy atom. The van der Waals surface area contributed by atoms with Crippen molar-refractivity contribution in [3.8, 4) is 0 Å². The molecule has 0 heterocycles. The normalized spacial score (nSPS) is 12.3. The van der Waals surface area contributed by atoms with Gasteiger partial charge in [-0.3, -0.25) is 4.79 Å². The average molecular weight is 294 g/mol. The van der Waals surface area contributed by atoms with Crippen molar-refractivity contribution in [1.82, 2.24) is 0 Å². The van der Waals surface area contributed by atoms with Crippen LogP contribution in [0.1, 0.15) is 37.3 Å². The van der Waals surface area contributed by atoms with Crippen molar-refractivity contribution in [1.29, 1.82) is 0 Å². The van der Waals surface area contributed by atoms with Crippen LogP contribution in [0.2, 0.25) is 0 Å². The molecule has 1 unspecified atom stereocenters. The van der Waals surface area contributed by atoms with E-state index in [0.29, 0.717) is 11.6 Å². The highest BCUT2D eigenvalue weighted by molar-refractivity contribution is 6.02. The third kappa shape index (κ3) is 4.22. The molecule has 2 aromatic carbocycles. The van der Waals surface area contributed by atoms with Gasteiger partial charge >= 0.3 is 0 Å². The second-order valence-corrected chi connectivity index (χ2v) is 5.39. The Labute approximate surface area is 131 Å². The van der Waals surface area contributed by atoms with Gasteiger partial charge in [0.25, 0.3) is 0 Å². The van der Waals surface area contributed by atoms with Gasteiger partial charge in [-0.05, 0) is 47.7 Å². The lowest BCUT2D eigenvalue weighted by atomic mass is 9.97. The minimum atomic E-state index is -0.132. The summed E-state index contributed by atoms with van der Waals surface area (Å²) in [6, 6.07) is 15.3. The van der Waals surface area contributed by atoms with Crippen LogP contribution < -0.4 is 11.1 Å². The van der Waals surface area contributed by atoms with Crippen molar-refractivity contribution in [3.05, 3.63) is 65.7 Å². The van der Waals surface area contributed by atoms with Gasteiger partial charge in [0.15, 0.2) is 0 Å². The SMILES string of the molecule is CCC(C)c1ccccc1NC(=O)/C=C/c1ccc(N)cc1. The first-order valence-electron chi connectivity index (χ1n) is 7.53. The van der Waals surface area contributed by atoms with E-state index < -0.39 is 0 Å². The fraction of sp³-hybridized carbons (Fsp3) is 0.211. The molecular formula is C19H22N2O. The van der Waals surface area contributed by atoms with Crippen LogP contribution in [0.15, 0.2) is 54.6 Å². The molecule has 0 radical (unpaired) electrons. The number of carbonyl (C=O) groups excluding carboxylic acids is 1. The molecule has 3 heteroatoms.